The van der Waals surface area contributed by atoms with Crippen LogP contribution in [-0.4, -0.2) is 36.7 Å². The molecule has 2 aliphatic heterocycles. The van der Waals surface area contributed by atoms with Crippen LogP contribution >= 0.6 is 12.4 Å². The van der Waals surface area contributed by atoms with Crippen molar-refractivity contribution >= 4 is 12.4 Å². The number of ether oxygens (including phenoxy) is 2. The molecule has 0 spiro atoms. The zero-order chi connectivity index (χ0) is 13.9. The van der Waals surface area contributed by atoms with Crippen LogP contribution in [0.2, 0.25) is 0 Å². The maximum Gasteiger partial charge on any atom is 0.161 e. The van der Waals surface area contributed by atoms with Crippen LogP contribution in [0.15, 0.2) is 18.2 Å². The lowest BCUT2D eigenvalue weighted by Crippen LogP contribution is -2.48. The molecule has 2 unspecified atom stereocenters. The molecule has 4 nitrogen and oxygen atoms in total. The molecule has 1 saturated heterocycles. The number of fused-ring (bicyclic) bond motifs is 1. The molecule has 0 radical (unpaired) electrons. The third-order valence-corrected chi connectivity index (χ3v) is 4.26. The Labute approximate surface area is 133 Å². The average molecular weight is 313 g/mol. The number of nitrogens with two attached hydrogens (primary N) is 1. The summed E-state index contributed by atoms with van der Waals surface area (Å²) in [6.07, 6.45) is 3.78. The van der Waals surface area contributed by atoms with Crippen LogP contribution in [0.5, 0.6) is 11.5 Å². The molecule has 2 N–H and O–H groups in total. The molecule has 0 bridgehead atoms. The summed E-state index contributed by atoms with van der Waals surface area (Å²) in [6.45, 7) is 5.49. The molecule has 2 heterocycles. The van der Waals surface area contributed by atoms with Crippen molar-refractivity contribution in [3.63, 3.8) is 0 Å². The minimum atomic E-state index is 0. The van der Waals surface area contributed by atoms with E-state index in [-0.39, 0.29) is 18.4 Å². The minimum absolute atomic E-state index is 0. The molecule has 2 atom stereocenters. The average Bonchev–Trinajstić information content (AvgIpc) is 2.47. The number of piperidine rings is 1. The van der Waals surface area contributed by atoms with Crippen molar-refractivity contribution in [1.82, 2.24) is 4.90 Å². The molecular formula is C16H25ClN2O2. The fraction of sp³-hybridized carbons (Fsp3) is 0.625. The lowest BCUT2D eigenvalue weighted by Gasteiger charge is -2.38. The Morgan fingerprint density at radius 3 is 2.76 bits per heavy atom. The first-order chi connectivity index (χ1) is 9.74. The minimum Gasteiger partial charge on any atom is -0.486 e. The highest BCUT2D eigenvalue weighted by atomic mass is 35.5. The molecule has 0 saturated carbocycles. The van der Waals surface area contributed by atoms with Gasteiger partial charge >= 0.3 is 0 Å². The van der Waals surface area contributed by atoms with Crippen LogP contribution in [0.25, 0.3) is 0 Å². The molecule has 21 heavy (non-hydrogen) atoms. The first-order valence-electron chi connectivity index (χ1n) is 7.62. The molecule has 3 rings (SSSR count). The Morgan fingerprint density at radius 2 is 2.00 bits per heavy atom. The summed E-state index contributed by atoms with van der Waals surface area (Å²) >= 11 is 0. The van der Waals surface area contributed by atoms with Gasteiger partial charge in [0.2, 0.25) is 0 Å². The maximum atomic E-state index is 6.14. The fourth-order valence-corrected chi connectivity index (χ4v) is 3.23. The molecule has 1 aromatic carbocycles. The van der Waals surface area contributed by atoms with E-state index in [1.807, 2.05) is 6.07 Å². The highest BCUT2D eigenvalue weighted by Gasteiger charge is 2.25. The maximum absolute atomic E-state index is 6.14. The Hall–Kier alpha value is -0.970. The van der Waals surface area contributed by atoms with Crippen molar-refractivity contribution in [3.05, 3.63) is 23.8 Å². The smallest absolute Gasteiger partial charge is 0.161 e. The molecule has 0 aromatic heterocycles. The van der Waals surface area contributed by atoms with Crippen LogP contribution in [-0.2, 0) is 6.54 Å². The Balaban J connectivity index is 0.00000161. The first-order valence-corrected chi connectivity index (χ1v) is 7.62. The van der Waals surface area contributed by atoms with Crippen molar-refractivity contribution in [2.24, 2.45) is 5.73 Å². The number of likely N-dealkylation sites (tertiary alicyclic amines) is 1. The number of nitrogens with zero attached hydrogens (tertiary/aromatic N) is 1. The van der Waals surface area contributed by atoms with Crippen molar-refractivity contribution in [3.8, 4) is 11.5 Å². The van der Waals surface area contributed by atoms with E-state index < -0.39 is 0 Å². The van der Waals surface area contributed by atoms with Crippen LogP contribution < -0.4 is 15.2 Å². The van der Waals surface area contributed by atoms with E-state index in [0.29, 0.717) is 19.3 Å². The van der Waals surface area contributed by atoms with Gasteiger partial charge in [-0.2, -0.15) is 0 Å². The van der Waals surface area contributed by atoms with Crippen molar-refractivity contribution in [2.45, 2.75) is 44.8 Å². The highest BCUT2D eigenvalue weighted by Crippen LogP contribution is 2.32. The fourth-order valence-electron chi connectivity index (χ4n) is 3.23. The Bertz CT molecular complexity index is 468. The van der Waals surface area contributed by atoms with Gasteiger partial charge in [-0.15, -0.1) is 12.4 Å². The number of hydrogen-bond donors (Lipinski definition) is 1. The van der Waals surface area contributed by atoms with Gasteiger partial charge in [0.15, 0.2) is 11.5 Å². The SMILES string of the molecule is CC(N)C1CCCCN1Cc1ccc2c(c1)OCCO2.Cl. The van der Waals surface area contributed by atoms with Gasteiger partial charge in [0.1, 0.15) is 13.2 Å². The number of benzene rings is 1. The highest BCUT2D eigenvalue weighted by molar-refractivity contribution is 5.85. The van der Waals surface area contributed by atoms with Crippen LogP contribution in [0.3, 0.4) is 0 Å². The standard InChI is InChI=1S/C16H24N2O2.ClH/c1-12(17)14-4-2-3-7-18(14)11-13-5-6-15-16(10-13)20-9-8-19-15;/h5-6,10,12,14H,2-4,7-9,11,17H2,1H3;1H. The van der Waals surface area contributed by atoms with Crippen LogP contribution in [0.1, 0.15) is 31.7 Å². The summed E-state index contributed by atoms with van der Waals surface area (Å²) in [4.78, 5) is 2.51. The summed E-state index contributed by atoms with van der Waals surface area (Å²) in [5.41, 5.74) is 7.42. The molecule has 0 aliphatic carbocycles. The molecule has 0 amide bonds. The molecule has 2 aliphatic rings. The van der Waals surface area contributed by atoms with Gasteiger partial charge in [-0.3, -0.25) is 4.90 Å². The number of rotatable bonds is 3. The van der Waals surface area contributed by atoms with E-state index >= 15 is 0 Å². The van der Waals surface area contributed by atoms with Crippen molar-refractivity contribution < 1.29 is 9.47 Å². The second kappa shape index (κ2) is 7.34. The van der Waals surface area contributed by atoms with Gasteiger partial charge in [-0.1, -0.05) is 12.5 Å². The van der Waals surface area contributed by atoms with E-state index in [4.69, 9.17) is 15.2 Å². The van der Waals surface area contributed by atoms with E-state index in [2.05, 4.69) is 24.0 Å². The zero-order valence-corrected chi connectivity index (χ0v) is 13.4. The van der Waals surface area contributed by atoms with Crippen molar-refractivity contribution in [1.29, 1.82) is 0 Å². The molecule has 5 heteroatoms. The van der Waals surface area contributed by atoms with Gasteiger partial charge in [-0.05, 0) is 44.0 Å². The van der Waals surface area contributed by atoms with E-state index in [0.717, 1.165) is 24.6 Å². The van der Waals surface area contributed by atoms with E-state index in [9.17, 15) is 0 Å². The van der Waals surface area contributed by atoms with Gasteiger partial charge in [0, 0.05) is 18.6 Å². The second-order valence-corrected chi connectivity index (χ2v) is 5.87. The number of hydrogen-bond acceptors (Lipinski definition) is 4. The predicted molar refractivity (Wildman–Crippen MR) is 86.4 cm³/mol. The summed E-state index contributed by atoms with van der Waals surface area (Å²) in [5, 5.41) is 0. The largest absolute Gasteiger partial charge is 0.486 e. The third kappa shape index (κ3) is 3.82. The lowest BCUT2D eigenvalue weighted by molar-refractivity contribution is 0.122. The quantitative estimate of drug-likeness (QED) is 0.932. The third-order valence-electron chi connectivity index (χ3n) is 4.26. The second-order valence-electron chi connectivity index (χ2n) is 5.87. The topological polar surface area (TPSA) is 47.7 Å². The van der Waals surface area contributed by atoms with E-state index in [1.54, 1.807) is 0 Å². The zero-order valence-electron chi connectivity index (χ0n) is 12.6. The van der Waals surface area contributed by atoms with Gasteiger partial charge < -0.3 is 15.2 Å². The van der Waals surface area contributed by atoms with Crippen LogP contribution in [0, 0.1) is 0 Å². The normalized spacial score (nSPS) is 23.2. The molecular weight excluding hydrogens is 288 g/mol. The summed E-state index contributed by atoms with van der Waals surface area (Å²) in [7, 11) is 0. The van der Waals surface area contributed by atoms with Crippen LogP contribution in [0.4, 0.5) is 0 Å². The molecule has 118 valence electrons. The summed E-state index contributed by atoms with van der Waals surface area (Å²) < 4.78 is 11.2. The predicted octanol–water partition coefficient (Wildman–Crippen LogP) is 2.58. The monoisotopic (exact) mass is 312 g/mol. The Kier molecular flexibility index (Phi) is 5.73. The van der Waals surface area contributed by atoms with Crippen molar-refractivity contribution in [2.75, 3.05) is 19.8 Å². The lowest BCUT2D eigenvalue weighted by atomic mass is 9.96. The first kappa shape index (κ1) is 16.4. The van der Waals surface area contributed by atoms with Gasteiger partial charge in [0.05, 0.1) is 0 Å². The van der Waals surface area contributed by atoms with Gasteiger partial charge in [0.25, 0.3) is 0 Å². The molecule has 1 aromatic rings. The number of halogens is 1. The van der Waals surface area contributed by atoms with E-state index in [1.165, 1.54) is 24.8 Å². The Morgan fingerprint density at radius 1 is 1.24 bits per heavy atom. The summed E-state index contributed by atoms with van der Waals surface area (Å²) in [6, 6.07) is 7.00. The summed E-state index contributed by atoms with van der Waals surface area (Å²) in [5.74, 6) is 1.74. The van der Waals surface area contributed by atoms with Gasteiger partial charge in [-0.25, -0.2) is 0 Å². The molecule has 1 fully saturated rings.